The Labute approximate surface area is 123 Å². The number of rotatable bonds is 4. The van der Waals surface area contributed by atoms with E-state index in [1.807, 2.05) is 19.9 Å². The van der Waals surface area contributed by atoms with Crippen molar-refractivity contribution < 1.29 is 8.83 Å². The van der Waals surface area contributed by atoms with Crippen LogP contribution in [0.1, 0.15) is 17.4 Å². The van der Waals surface area contributed by atoms with E-state index in [2.05, 4.69) is 15.2 Å². The molecule has 0 saturated heterocycles. The van der Waals surface area contributed by atoms with Crippen LogP contribution in [0.25, 0.3) is 11.5 Å². The van der Waals surface area contributed by atoms with Gasteiger partial charge in [0.25, 0.3) is 5.89 Å². The standard InChI is InChI=1S/C12H12N4O2S2/c1-6-3-8(7(2)17-6)11-16-15-9(18-11)5-19-10-4-14-12(13)20-10/h3-4H,5H2,1-2H3,(H2,13,14). The predicted octanol–water partition coefficient (Wildman–Crippen LogP) is 3.28. The Morgan fingerprint density at radius 2 is 2.15 bits per heavy atom. The summed E-state index contributed by atoms with van der Waals surface area (Å²) in [6.45, 7) is 3.76. The van der Waals surface area contributed by atoms with Crippen LogP contribution in [0.2, 0.25) is 0 Å². The van der Waals surface area contributed by atoms with E-state index in [4.69, 9.17) is 14.6 Å². The molecule has 3 aromatic rings. The van der Waals surface area contributed by atoms with Gasteiger partial charge >= 0.3 is 0 Å². The molecule has 0 atom stereocenters. The quantitative estimate of drug-likeness (QED) is 0.739. The first-order valence-corrected chi connectivity index (χ1v) is 7.66. The number of thiazole rings is 1. The molecule has 0 radical (unpaired) electrons. The number of hydrogen-bond acceptors (Lipinski definition) is 8. The Balaban J connectivity index is 1.72. The Hall–Kier alpha value is -1.80. The summed E-state index contributed by atoms with van der Waals surface area (Å²) in [5, 5.41) is 8.65. The summed E-state index contributed by atoms with van der Waals surface area (Å²) in [5.74, 6) is 3.24. The zero-order valence-electron chi connectivity index (χ0n) is 10.9. The second kappa shape index (κ2) is 5.29. The molecule has 0 aliphatic heterocycles. The molecule has 3 heterocycles. The minimum Gasteiger partial charge on any atom is -0.466 e. The van der Waals surface area contributed by atoms with Crippen molar-refractivity contribution in [2.45, 2.75) is 23.8 Å². The fourth-order valence-electron chi connectivity index (χ4n) is 1.74. The lowest BCUT2D eigenvalue weighted by atomic mass is 10.2. The largest absolute Gasteiger partial charge is 0.466 e. The predicted molar refractivity (Wildman–Crippen MR) is 77.6 cm³/mol. The fraction of sp³-hybridized carbons (Fsp3) is 0.250. The van der Waals surface area contributed by atoms with Crippen LogP contribution in [0.5, 0.6) is 0 Å². The van der Waals surface area contributed by atoms with E-state index in [1.54, 1.807) is 18.0 Å². The van der Waals surface area contributed by atoms with Crippen molar-refractivity contribution in [3.63, 3.8) is 0 Å². The molecule has 3 aromatic heterocycles. The van der Waals surface area contributed by atoms with Gasteiger partial charge in [-0.3, -0.25) is 0 Å². The summed E-state index contributed by atoms with van der Waals surface area (Å²) in [7, 11) is 0. The molecular formula is C12H12N4O2S2. The van der Waals surface area contributed by atoms with E-state index >= 15 is 0 Å². The van der Waals surface area contributed by atoms with Gasteiger partial charge in [-0.05, 0) is 19.9 Å². The van der Waals surface area contributed by atoms with Crippen molar-refractivity contribution in [3.8, 4) is 11.5 Å². The topological polar surface area (TPSA) is 91.0 Å². The maximum atomic E-state index is 5.64. The third-order valence-electron chi connectivity index (χ3n) is 2.58. The normalized spacial score (nSPS) is 11.1. The maximum absolute atomic E-state index is 5.64. The summed E-state index contributed by atoms with van der Waals surface area (Å²) in [6.07, 6.45) is 1.74. The van der Waals surface area contributed by atoms with Crippen molar-refractivity contribution in [2.24, 2.45) is 0 Å². The molecular weight excluding hydrogens is 296 g/mol. The summed E-state index contributed by atoms with van der Waals surface area (Å²) < 4.78 is 12.1. The second-order valence-electron chi connectivity index (χ2n) is 4.13. The molecule has 3 rings (SSSR count). The summed E-state index contributed by atoms with van der Waals surface area (Å²) >= 11 is 3.01. The van der Waals surface area contributed by atoms with Gasteiger partial charge in [0, 0.05) is 0 Å². The second-order valence-corrected chi connectivity index (χ2v) is 6.47. The third-order valence-corrected chi connectivity index (χ3v) is 4.58. The molecule has 0 unspecified atom stereocenters. The Morgan fingerprint density at radius 1 is 1.30 bits per heavy atom. The van der Waals surface area contributed by atoms with Crippen molar-refractivity contribution in [1.29, 1.82) is 0 Å². The molecule has 0 fully saturated rings. The minimum atomic E-state index is 0.485. The van der Waals surface area contributed by atoms with Crippen molar-refractivity contribution >= 4 is 28.2 Å². The number of hydrogen-bond donors (Lipinski definition) is 1. The first-order valence-electron chi connectivity index (χ1n) is 5.85. The van der Waals surface area contributed by atoms with Crippen molar-refractivity contribution in [3.05, 3.63) is 29.7 Å². The number of anilines is 1. The van der Waals surface area contributed by atoms with Crippen LogP contribution in [-0.4, -0.2) is 15.2 Å². The van der Waals surface area contributed by atoms with Gasteiger partial charge in [0.15, 0.2) is 5.13 Å². The Bertz CT molecular complexity index is 731. The number of thioether (sulfide) groups is 1. The van der Waals surface area contributed by atoms with Gasteiger partial charge in [-0.2, -0.15) is 0 Å². The average molecular weight is 308 g/mol. The van der Waals surface area contributed by atoms with Crippen molar-refractivity contribution in [1.82, 2.24) is 15.2 Å². The van der Waals surface area contributed by atoms with E-state index in [1.165, 1.54) is 11.3 Å². The highest BCUT2D eigenvalue weighted by atomic mass is 32.2. The van der Waals surface area contributed by atoms with Gasteiger partial charge in [0.2, 0.25) is 5.89 Å². The minimum absolute atomic E-state index is 0.485. The summed E-state index contributed by atoms with van der Waals surface area (Å²) in [4.78, 5) is 3.99. The zero-order chi connectivity index (χ0) is 14.1. The van der Waals surface area contributed by atoms with Crippen LogP contribution < -0.4 is 5.73 Å². The number of nitrogens with two attached hydrogens (primary N) is 1. The van der Waals surface area contributed by atoms with Gasteiger partial charge in [-0.15, -0.1) is 22.0 Å². The van der Waals surface area contributed by atoms with E-state index < -0.39 is 0 Å². The number of aryl methyl sites for hydroxylation is 2. The summed E-state index contributed by atoms with van der Waals surface area (Å²) in [6, 6.07) is 1.89. The van der Waals surface area contributed by atoms with Crippen molar-refractivity contribution in [2.75, 3.05) is 5.73 Å². The lowest BCUT2D eigenvalue weighted by Gasteiger charge is -1.92. The average Bonchev–Trinajstić information content (AvgIpc) is 3.08. The molecule has 0 amide bonds. The monoisotopic (exact) mass is 308 g/mol. The summed E-state index contributed by atoms with van der Waals surface area (Å²) in [5.41, 5.74) is 6.42. The first kappa shape index (κ1) is 13.2. The molecule has 2 N–H and O–H groups in total. The SMILES string of the molecule is Cc1cc(-c2nnc(CSc3cnc(N)s3)o2)c(C)o1. The lowest BCUT2D eigenvalue weighted by Crippen LogP contribution is -1.78. The molecule has 20 heavy (non-hydrogen) atoms. The fourth-order valence-corrected chi connectivity index (χ4v) is 3.33. The lowest BCUT2D eigenvalue weighted by molar-refractivity contribution is 0.499. The molecule has 0 spiro atoms. The van der Waals surface area contributed by atoms with Crippen LogP contribution in [0.15, 0.2) is 25.3 Å². The molecule has 0 bridgehead atoms. The van der Waals surface area contributed by atoms with Gasteiger partial charge in [-0.25, -0.2) is 4.98 Å². The Morgan fingerprint density at radius 3 is 2.80 bits per heavy atom. The van der Waals surface area contributed by atoms with Gasteiger partial charge in [-0.1, -0.05) is 11.3 Å². The highest BCUT2D eigenvalue weighted by Gasteiger charge is 2.14. The van der Waals surface area contributed by atoms with E-state index in [0.717, 1.165) is 21.3 Å². The van der Waals surface area contributed by atoms with E-state index in [0.29, 0.717) is 22.7 Å². The van der Waals surface area contributed by atoms with Crippen LogP contribution in [-0.2, 0) is 5.75 Å². The molecule has 104 valence electrons. The van der Waals surface area contributed by atoms with Crippen LogP contribution in [0.4, 0.5) is 5.13 Å². The van der Waals surface area contributed by atoms with E-state index in [9.17, 15) is 0 Å². The van der Waals surface area contributed by atoms with Crippen LogP contribution in [0.3, 0.4) is 0 Å². The maximum Gasteiger partial charge on any atom is 0.251 e. The van der Waals surface area contributed by atoms with E-state index in [-0.39, 0.29) is 0 Å². The highest BCUT2D eigenvalue weighted by molar-refractivity contribution is 8.00. The number of aromatic nitrogens is 3. The molecule has 0 aliphatic carbocycles. The molecule has 0 aliphatic rings. The molecule has 0 aromatic carbocycles. The smallest absolute Gasteiger partial charge is 0.251 e. The number of nitrogens with zero attached hydrogens (tertiary/aromatic N) is 3. The first-order chi connectivity index (χ1) is 9.61. The van der Waals surface area contributed by atoms with Gasteiger partial charge < -0.3 is 14.6 Å². The third kappa shape index (κ3) is 2.70. The van der Waals surface area contributed by atoms with Crippen LogP contribution in [0, 0.1) is 13.8 Å². The van der Waals surface area contributed by atoms with Gasteiger partial charge in [0.1, 0.15) is 11.5 Å². The molecule has 0 saturated carbocycles. The Kier molecular flexibility index (Phi) is 3.49. The number of nitrogen functional groups attached to an aromatic ring is 1. The van der Waals surface area contributed by atoms with Gasteiger partial charge in [0.05, 0.1) is 21.7 Å². The molecule has 6 nitrogen and oxygen atoms in total. The zero-order valence-corrected chi connectivity index (χ0v) is 12.5. The highest BCUT2D eigenvalue weighted by Crippen LogP contribution is 2.30. The number of furan rings is 1. The molecule has 8 heteroatoms. The van der Waals surface area contributed by atoms with Crippen LogP contribution >= 0.6 is 23.1 Å².